The average molecular weight is 530 g/mol. The third-order valence-corrected chi connectivity index (χ3v) is 8.04. The summed E-state index contributed by atoms with van der Waals surface area (Å²) in [4.78, 5) is 33.3. The molecule has 10 nitrogen and oxygen atoms in total. The maximum Gasteiger partial charge on any atom is 0.254 e. The summed E-state index contributed by atoms with van der Waals surface area (Å²) >= 11 is 0. The van der Waals surface area contributed by atoms with E-state index < -0.39 is 0 Å². The van der Waals surface area contributed by atoms with Crippen molar-refractivity contribution in [2.45, 2.75) is 31.8 Å². The lowest BCUT2D eigenvalue weighted by Gasteiger charge is -2.31. The fourth-order valence-electron chi connectivity index (χ4n) is 6.18. The molecule has 4 heterocycles. The number of rotatable bonds is 8. The van der Waals surface area contributed by atoms with Crippen molar-refractivity contribution in [2.75, 3.05) is 44.7 Å². The van der Waals surface area contributed by atoms with E-state index >= 15 is 0 Å². The summed E-state index contributed by atoms with van der Waals surface area (Å²) in [5.74, 6) is 1.43. The number of carbonyl (C=O) groups is 2. The molecule has 1 atom stereocenters. The third-order valence-electron chi connectivity index (χ3n) is 8.04. The summed E-state index contributed by atoms with van der Waals surface area (Å²) in [6.07, 6.45) is 3.50. The molecule has 1 fully saturated rings. The van der Waals surface area contributed by atoms with Crippen LogP contribution in [0.1, 0.15) is 29.6 Å². The number of carbonyl (C=O) groups excluding carboxylic acids is 2. The quantitative estimate of drug-likeness (QED) is 0.268. The maximum absolute atomic E-state index is 13.4. The Bertz CT molecular complexity index is 1560. The Hall–Kier alpha value is -4.05. The Kier molecular flexibility index (Phi) is 6.64. The van der Waals surface area contributed by atoms with E-state index in [1.54, 1.807) is 7.11 Å². The molecule has 2 amide bonds. The second-order valence-electron chi connectivity index (χ2n) is 10.5. The van der Waals surface area contributed by atoms with Gasteiger partial charge in [0.25, 0.3) is 5.91 Å². The third kappa shape index (κ3) is 4.38. The summed E-state index contributed by atoms with van der Waals surface area (Å²) in [5.41, 5.74) is 11.7. The molecule has 1 unspecified atom stereocenters. The lowest BCUT2D eigenvalue weighted by Crippen LogP contribution is -2.45. The van der Waals surface area contributed by atoms with Crippen molar-refractivity contribution < 1.29 is 14.3 Å². The van der Waals surface area contributed by atoms with Crippen LogP contribution >= 0.6 is 0 Å². The van der Waals surface area contributed by atoms with Gasteiger partial charge in [0, 0.05) is 63.3 Å². The van der Waals surface area contributed by atoms with Crippen LogP contribution in [0.5, 0.6) is 5.75 Å². The first-order valence-electron chi connectivity index (χ1n) is 13.6. The van der Waals surface area contributed by atoms with Crippen LogP contribution in [0.15, 0.2) is 36.4 Å². The van der Waals surface area contributed by atoms with Crippen LogP contribution < -0.4 is 20.7 Å². The van der Waals surface area contributed by atoms with Gasteiger partial charge in [-0.25, -0.2) is 4.98 Å². The van der Waals surface area contributed by atoms with Gasteiger partial charge < -0.3 is 34.7 Å². The molecule has 0 spiro atoms. The summed E-state index contributed by atoms with van der Waals surface area (Å²) in [5, 5.41) is 3.92. The van der Waals surface area contributed by atoms with Gasteiger partial charge in [0.05, 0.1) is 29.5 Å². The molecular weight excluding hydrogens is 494 g/mol. The van der Waals surface area contributed by atoms with Gasteiger partial charge in [-0.05, 0) is 43.5 Å². The molecule has 0 radical (unpaired) electrons. The molecule has 3 N–H and O–H groups in total. The number of nitrogens with two attached hydrogens (primary N) is 1. The minimum absolute atomic E-state index is 0.0177. The minimum atomic E-state index is -0.0332. The van der Waals surface area contributed by atoms with Crippen LogP contribution in [-0.4, -0.2) is 77.2 Å². The van der Waals surface area contributed by atoms with Gasteiger partial charge in [-0.3, -0.25) is 9.59 Å². The van der Waals surface area contributed by atoms with Crippen LogP contribution in [0.2, 0.25) is 0 Å². The van der Waals surface area contributed by atoms with Gasteiger partial charge in [-0.15, -0.1) is 0 Å². The van der Waals surface area contributed by atoms with Crippen molar-refractivity contribution in [3.63, 3.8) is 0 Å². The van der Waals surface area contributed by atoms with Gasteiger partial charge in [-0.1, -0.05) is 12.1 Å². The molecule has 2 aromatic carbocycles. The molecule has 2 aliphatic heterocycles. The number of piperidine rings is 1. The molecular formula is C29H35N7O3. The summed E-state index contributed by atoms with van der Waals surface area (Å²) in [7, 11) is 3.63. The first-order valence-corrected chi connectivity index (χ1v) is 13.6. The van der Waals surface area contributed by atoms with Crippen LogP contribution in [0, 0.1) is 0 Å². The number of aryl methyl sites for hydroxylation is 1. The Morgan fingerprint density at radius 2 is 2.08 bits per heavy atom. The zero-order valence-corrected chi connectivity index (χ0v) is 22.5. The van der Waals surface area contributed by atoms with Gasteiger partial charge in [0.15, 0.2) is 5.82 Å². The fraction of sp³-hybridized carbons (Fsp3) is 0.414. The number of methoxy groups -OCH3 is 1. The second-order valence-corrected chi connectivity index (χ2v) is 10.5. The number of nitrogens with zero attached hydrogens (tertiary/aromatic N) is 5. The van der Waals surface area contributed by atoms with E-state index in [1.165, 1.54) is 11.2 Å². The smallest absolute Gasteiger partial charge is 0.254 e. The SMILES string of the molecule is COc1cc(C(=O)N2CCCC(N)C2)cc2nc(-c3cc4cccc5c4n3CCN5CCCNC=O)n(C)c12. The highest BCUT2D eigenvalue weighted by atomic mass is 16.5. The zero-order chi connectivity index (χ0) is 27.1. The highest BCUT2D eigenvalue weighted by Gasteiger charge is 2.27. The second kappa shape index (κ2) is 10.3. The topological polar surface area (TPSA) is 111 Å². The van der Waals surface area contributed by atoms with Gasteiger partial charge in [0.2, 0.25) is 6.41 Å². The number of imidazole rings is 1. The van der Waals surface area contributed by atoms with Crippen molar-refractivity contribution >= 4 is 39.9 Å². The Morgan fingerprint density at radius 3 is 2.87 bits per heavy atom. The van der Waals surface area contributed by atoms with Crippen molar-refractivity contribution in [2.24, 2.45) is 12.8 Å². The van der Waals surface area contributed by atoms with E-state index in [1.807, 2.05) is 24.1 Å². The molecule has 204 valence electrons. The highest BCUT2D eigenvalue weighted by Crippen LogP contribution is 2.39. The number of amides is 2. The standard InChI is InChI=1S/C29H35N7O3/c1-33-27-22(14-20(16-25(27)39-2)29(38)35-10-4-7-21(30)17-35)32-28(33)24-15-19-6-3-8-23-26(19)36(24)13-12-34(23)11-5-9-31-18-37/h3,6,8,14-16,18,21H,4-5,7,9-13,17,30H2,1-2H3,(H,31,37). The number of fused-ring (bicyclic) bond motifs is 1. The number of nitrogens with one attached hydrogen (secondary N) is 1. The Morgan fingerprint density at radius 1 is 1.21 bits per heavy atom. The zero-order valence-electron chi connectivity index (χ0n) is 22.5. The molecule has 39 heavy (non-hydrogen) atoms. The predicted octanol–water partition coefficient (Wildman–Crippen LogP) is 2.72. The van der Waals surface area contributed by atoms with E-state index in [-0.39, 0.29) is 11.9 Å². The minimum Gasteiger partial charge on any atom is -0.494 e. The number of anilines is 1. The van der Waals surface area contributed by atoms with E-state index in [0.717, 1.165) is 73.2 Å². The summed E-state index contributed by atoms with van der Waals surface area (Å²) < 4.78 is 10.2. The lowest BCUT2D eigenvalue weighted by molar-refractivity contribution is -0.109. The Labute approximate surface area is 227 Å². The van der Waals surface area contributed by atoms with E-state index in [4.69, 9.17) is 15.5 Å². The largest absolute Gasteiger partial charge is 0.494 e. The van der Waals surface area contributed by atoms with Crippen molar-refractivity contribution in [3.05, 3.63) is 42.0 Å². The summed E-state index contributed by atoms with van der Waals surface area (Å²) in [6.45, 7) is 4.53. The van der Waals surface area contributed by atoms with Crippen molar-refractivity contribution in [3.8, 4) is 17.3 Å². The number of ether oxygens (including phenoxy) is 1. The monoisotopic (exact) mass is 529 g/mol. The maximum atomic E-state index is 13.4. The molecule has 0 bridgehead atoms. The number of likely N-dealkylation sites (tertiary alicyclic amines) is 1. The van der Waals surface area contributed by atoms with Crippen molar-refractivity contribution in [1.82, 2.24) is 24.3 Å². The van der Waals surface area contributed by atoms with Gasteiger partial charge >= 0.3 is 0 Å². The molecule has 0 saturated carbocycles. The molecule has 1 saturated heterocycles. The molecule has 6 rings (SSSR count). The van der Waals surface area contributed by atoms with Crippen LogP contribution in [0.25, 0.3) is 33.5 Å². The number of aromatic nitrogens is 3. The number of para-hydroxylation sites is 1. The van der Waals surface area contributed by atoms with Crippen LogP contribution in [0.3, 0.4) is 0 Å². The predicted molar refractivity (Wildman–Crippen MR) is 152 cm³/mol. The van der Waals surface area contributed by atoms with Gasteiger partial charge in [-0.2, -0.15) is 0 Å². The molecule has 2 aliphatic rings. The van der Waals surface area contributed by atoms with Crippen LogP contribution in [0.4, 0.5) is 5.69 Å². The van der Waals surface area contributed by atoms with Crippen molar-refractivity contribution in [1.29, 1.82) is 0 Å². The first-order chi connectivity index (χ1) is 19.0. The Balaban J connectivity index is 1.40. The molecule has 10 heteroatoms. The molecule has 2 aromatic heterocycles. The molecule has 0 aliphatic carbocycles. The number of hydrogen-bond acceptors (Lipinski definition) is 6. The lowest BCUT2D eigenvalue weighted by atomic mass is 10.0. The first kappa shape index (κ1) is 25.2. The number of benzene rings is 2. The normalized spacial score (nSPS) is 17.2. The van der Waals surface area contributed by atoms with E-state index in [9.17, 15) is 9.59 Å². The fourth-order valence-corrected chi connectivity index (χ4v) is 6.18. The molecule has 4 aromatic rings. The average Bonchev–Trinajstić information content (AvgIpc) is 3.49. The number of hydrogen-bond donors (Lipinski definition) is 2. The van der Waals surface area contributed by atoms with E-state index in [2.05, 4.69) is 43.6 Å². The van der Waals surface area contributed by atoms with E-state index in [0.29, 0.717) is 30.9 Å². The summed E-state index contributed by atoms with van der Waals surface area (Å²) in [6, 6.07) is 12.3. The highest BCUT2D eigenvalue weighted by molar-refractivity contribution is 6.01. The van der Waals surface area contributed by atoms with Gasteiger partial charge in [0.1, 0.15) is 11.3 Å². The van der Waals surface area contributed by atoms with Crippen LogP contribution in [-0.2, 0) is 18.4 Å².